The van der Waals surface area contributed by atoms with Crippen LogP contribution < -0.4 is 0 Å². The van der Waals surface area contributed by atoms with Crippen molar-refractivity contribution in [2.24, 2.45) is 5.11 Å². The first-order valence-corrected chi connectivity index (χ1v) is 4.91. The van der Waals surface area contributed by atoms with Crippen LogP contribution in [0.4, 0.5) is 0 Å². The van der Waals surface area contributed by atoms with Gasteiger partial charge in [0.05, 0.1) is 10.7 Å². The lowest BCUT2D eigenvalue weighted by molar-refractivity contribution is 0.995. The minimum atomic E-state index is 0.472. The number of pyridine rings is 1. The zero-order valence-electron chi connectivity index (χ0n) is 8.39. The third kappa shape index (κ3) is 4.02. The molecule has 0 spiro atoms. The summed E-state index contributed by atoms with van der Waals surface area (Å²) in [6.45, 7) is 2.42. The Morgan fingerprint density at radius 1 is 1.67 bits per heavy atom. The quantitative estimate of drug-likeness (QED) is 0.331. The topological polar surface area (TPSA) is 61.7 Å². The number of nitrogens with zero attached hydrogens (tertiary/aromatic N) is 4. The molecule has 15 heavy (non-hydrogen) atoms. The number of rotatable bonds is 4. The Balaban J connectivity index is 2.60. The largest absolute Gasteiger partial charge is 0.255 e. The van der Waals surface area contributed by atoms with Crippen LogP contribution in [0.5, 0.6) is 0 Å². The summed E-state index contributed by atoms with van der Waals surface area (Å²) in [6, 6.07) is 1.86. The SMILES string of the molecule is Cc1cc(Cl)cnc1C=CCCN=[N+]=[N-]. The molecule has 0 saturated carbocycles. The van der Waals surface area contributed by atoms with Gasteiger partial charge in [-0.3, -0.25) is 4.98 Å². The van der Waals surface area contributed by atoms with E-state index >= 15 is 0 Å². The van der Waals surface area contributed by atoms with Crippen LogP contribution in [0.15, 0.2) is 23.5 Å². The van der Waals surface area contributed by atoms with Gasteiger partial charge in [0.15, 0.2) is 0 Å². The van der Waals surface area contributed by atoms with Crippen LogP contribution in [0.2, 0.25) is 5.02 Å². The summed E-state index contributed by atoms with van der Waals surface area (Å²) in [7, 11) is 0. The van der Waals surface area contributed by atoms with Crippen LogP contribution in [0, 0.1) is 6.92 Å². The van der Waals surface area contributed by atoms with Crippen LogP contribution in [0.25, 0.3) is 16.5 Å². The number of halogens is 1. The molecular weight excluding hydrogens is 212 g/mol. The Kier molecular flexibility index (Phi) is 4.68. The van der Waals surface area contributed by atoms with Crippen molar-refractivity contribution in [3.63, 3.8) is 0 Å². The minimum Gasteiger partial charge on any atom is -0.255 e. The highest BCUT2D eigenvalue weighted by molar-refractivity contribution is 6.30. The molecule has 1 rings (SSSR count). The molecule has 78 valence electrons. The molecule has 0 aromatic carbocycles. The van der Waals surface area contributed by atoms with Crippen molar-refractivity contribution in [1.82, 2.24) is 4.98 Å². The summed E-state index contributed by atoms with van der Waals surface area (Å²) in [4.78, 5) is 6.84. The van der Waals surface area contributed by atoms with Gasteiger partial charge in [0.25, 0.3) is 0 Å². The van der Waals surface area contributed by atoms with Crippen LogP contribution in [-0.2, 0) is 0 Å². The van der Waals surface area contributed by atoms with Gasteiger partial charge in [0.2, 0.25) is 0 Å². The molecule has 0 bridgehead atoms. The van der Waals surface area contributed by atoms with Crippen molar-refractivity contribution >= 4 is 17.7 Å². The van der Waals surface area contributed by atoms with Gasteiger partial charge >= 0.3 is 0 Å². The lowest BCUT2D eigenvalue weighted by Crippen LogP contribution is -1.85. The second kappa shape index (κ2) is 6.06. The third-order valence-electron chi connectivity index (χ3n) is 1.82. The predicted molar refractivity (Wildman–Crippen MR) is 61.6 cm³/mol. The molecule has 0 aliphatic carbocycles. The molecular formula is C10H11ClN4. The van der Waals surface area contributed by atoms with Crippen LogP contribution in [0.1, 0.15) is 17.7 Å². The van der Waals surface area contributed by atoms with E-state index in [1.54, 1.807) is 6.20 Å². The van der Waals surface area contributed by atoms with Gasteiger partial charge in [-0.2, -0.15) is 0 Å². The molecule has 0 atom stereocenters. The second-order valence-corrected chi connectivity index (χ2v) is 3.44. The molecule has 0 fully saturated rings. The molecule has 0 unspecified atom stereocenters. The summed E-state index contributed by atoms with van der Waals surface area (Å²) in [6.07, 6.45) is 6.16. The van der Waals surface area contributed by atoms with Crippen molar-refractivity contribution in [2.45, 2.75) is 13.3 Å². The summed E-state index contributed by atoms with van der Waals surface area (Å²) in [5.74, 6) is 0. The third-order valence-corrected chi connectivity index (χ3v) is 2.03. The fourth-order valence-electron chi connectivity index (χ4n) is 1.10. The van der Waals surface area contributed by atoms with E-state index in [0.29, 0.717) is 18.0 Å². The van der Waals surface area contributed by atoms with Gasteiger partial charge in [-0.25, -0.2) is 0 Å². The molecule has 0 aliphatic rings. The number of aromatic nitrogens is 1. The number of aryl methyl sites for hydroxylation is 1. The van der Waals surface area contributed by atoms with Gasteiger partial charge in [-0.05, 0) is 36.6 Å². The molecule has 4 nitrogen and oxygen atoms in total. The first-order chi connectivity index (χ1) is 7.24. The Morgan fingerprint density at radius 3 is 3.13 bits per heavy atom. The van der Waals surface area contributed by atoms with Gasteiger partial charge in [-0.1, -0.05) is 22.8 Å². The number of azide groups is 1. The highest BCUT2D eigenvalue weighted by atomic mass is 35.5. The Bertz CT molecular complexity index is 408. The molecule has 1 aromatic rings. The number of hydrogen-bond donors (Lipinski definition) is 0. The molecule has 0 aliphatic heterocycles. The van der Waals surface area contributed by atoms with E-state index < -0.39 is 0 Å². The molecule has 0 saturated heterocycles. The van der Waals surface area contributed by atoms with E-state index in [1.165, 1.54) is 0 Å². The van der Waals surface area contributed by atoms with E-state index in [1.807, 2.05) is 25.1 Å². The summed E-state index contributed by atoms with van der Waals surface area (Å²) < 4.78 is 0. The van der Waals surface area contributed by atoms with Crippen LogP contribution in [0.3, 0.4) is 0 Å². The Morgan fingerprint density at radius 2 is 2.47 bits per heavy atom. The van der Waals surface area contributed by atoms with Crippen LogP contribution >= 0.6 is 11.6 Å². The predicted octanol–water partition coefficient (Wildman–Crippen LogP) is 3.76. The molecule has 1 heterocycles. The van der Waals surface area contributed by atoms with E-state index in [9.17, 15) is 0 Å². The normalized spacial score (nSPS) is 10.3. The van der Waals surface area contributed by atoms with Gasteiger partial charge in [0.1, 0.15) is 0 Å². The molecule has 0 N–H and O–H groups in total. The van der Waals surface area contributed by atoms with Crippen molar-refractivity contribution in [2.75, 3.05) is 6.54 Å². The zero-order chi connectivity index (χ0) is 11.1. The van der Waals surface area contributed by atoms with Gasteiger partial charge in [0, 0.05) is 17.7 Å². The summed E-state index contributed by atoms with van der Waals surface area (Å²) >= 11 is 5.78. The van der Waals surface area contributed by atoms with Crippen LogP contribution in [-0.4, -0.2) is 11.5 Å². The molecule has 1 aromatic heterocycles. The lowest BCUT2D eigenvalue weighted by atomic mass is 10.2. The van der Waals surface area contributed by atoms with Gasteiger partial charge in [-0.15, -0.1) is 0 Å². The summed E-state index contributed by atoms with van der Waals surface area (Å²) in [5, 5.41) is 4.07. The van der Waals surface area contributed by atoms with E-state index in [-0.39, 0.29) is 0 Å². The average Bonchev–Trinajstić information content (AvgIpc) is 2.20. The molecule has 0 radical (unpaired) electrons. The fourth-order valence-corrected chi connectivity index (χ4v) is 1.31. The average molecular weight is 223 g/mol. The monoisotopic (exact) mass is 222 g/mol. The highest BCUT2D eigenvalue weighted by Crippen LogP contribution is 2.13. The fraction of sp³-hybridized carbons (Fsp3) is 0.300. The number of hydrogen-bond acceptors (Lipinski definition) is 2. The van der Waals surface area contributed by atoms with Crippen molar-refractivity contribution < 1.29 is 0 Å². The highest BCUT2D eigenvalue weighted by Gasteiger charge is 1.95. The Hall–Kier alpha value is -1.51. The Labute approximate surface area is 93.2 Å². The standard InChI is InChI=1S/C10H11ClN4/c1-8-6-9(11)7-13-10(8)4-2-3-5-14-15-12/h2,4,6-7H,3,5H2,1H3. The maximum absolute atomic E-state index is 8.06. The van der Waals surface area contributed by atoms with E-state index in [0.717, 1.165) is 11.3 Å². The second-order valence-electron chi connectivity index (χ2n) is 3.00. The maximum Gasteiger partial charge on any atom is 0.0656 e. The molecule has 0 amide bonds. The maximum atomic E-state index is 8.06. The van der Waals surface area contributed by atoms with E-state index in [4.69, 9.17) is 17.1 Å². The van der Waals surface area contributed by atoms with E-state index in [2.05, 4.69) is 15.0 Å². The van der Waals surface area contributed by atoms with Gasteiger partial charge < -0.3 is 0 Å². The first-order valence-electron chi connectivity index (χ1n) is 4.53. The first kappa shape index (κ1) is 11.6. The van der Waals surface area contributed by atoms with Crippen molar-refractivity contribution in [1.29, 1.82) is 0 Å². The molecule has 5 heteroatoms. The summed E-state index contributed by atoms with van der Waals surface area (Å²) in [5.41, 5.74) is 9.98. The minimum absolute atomic E-state index is 0.472. The lowest BCUT2D eigenvalue weighted by Gasteiger charge is -1.98. The zero-order valence-corrected chi connectivity index (χ0v) is 9.15. The van der Waals surface area contributed by atoms with Crippen molar-refractivity contribution in [3.05, 3.63) is 45.1 Å². The smallest absolute Gasteiger partial charge is 0.0656 e. The van der Waals surface area contributed by atoms with Crippen molar-refractivity contribution in [3.8, 4) is 0 Å².